The van der Waals surface area contributed by atoms with Crippen molar-refractivity contribution in [1.82, 2.24) is 9.88 Å². The molecule has 2 aromatic heterocycles. The Morgan fingerprint density at radius 1 is 1.09 bits per heavy atom. The first-order valence-corrected chi connectivity index (χ1v) is 11.6. The van der Waals surface area contributed by atoms with Crippen LogP contribution in [0.3, 0.4) is 0 Å². The van der Waals surface area contributed by atoms with Crippen LogP contribution in [0.25, 0.3) is 22.4 Å². The number of furan rings is 1. The molecular formula is C25H22N2O5S. The van der Waals surface area contributed by atoms with Crippen LogP contribution in [0, 0.1) is 6.92 Å². The summed E-state index contributed by atoms with van der Waals surface area (Å²) in [5.41, 5.74) is 2.22. The van der Waals surface area contributed by atoms with E-state index in [-0.39, 0.29) is 17.8 Å². The van der Waals surface area contributed by atoms with E-state index < -0.39 is 5.25 Å². The number of thioether (sulfide) groups is 1. The number of fused-ring (bicyclic) bond motifs is 1. The molecule has 0 spiro atoms. The van der Waals surface area contributed by atoms with Crippen LogP contribution in [-0.4, -0.2) is 27.6 Å². The standard InChI is InChI=1S/C25H22N2O5S/c1-3-11-27-24(28)22(33-25(27)29)21-12-17-9-10-18(13-20(17)32-21)30-14-19-15(2)31-23(26-19)16-7-5-4-6-8-16/h4-10,12-13,22H,3,11,14H2,1-2H3. The van der Waals surface area contributed by atoms with Gasteiger partial charge >= 0.3 is 0 Å². The Labute approximate surface area is 194 Å². The lowest BCUT2D eigenvalue weighted by Crippen LogP contribution is -2.29. The molecular weight excluding hydrogens is 440 g/mol. The number of imide groups is 1. The monoisotopic (exact) mass is 462 g/mol. The molecule has 1 saturated heterocycles. The van der Waals surface area contributed by atoms with E-state index in [4.69, 9.17) is 13.6 Å². The highest BCUT2D eigenvalue weighted by atomic mass is 32.2. The number of rotatable bonds is 7. The average Bonchev–Trinajstić information content (AvgIpc) is 3.49. The van der Waals surface area contributed by atoms with Crippen LogP contribution in [0.2, 0.25) is 0 Å². The quantitative estimate of drug-likeness (QED) is 0.327. The Morgan fingerprint density at radius 3 is 2.70 bits per heavy atom. The molecule has 0 aliphatic carbocycles. The molecule has 0 bridgehead atoms. The molecule has 168 valence electrons. The van der Waals surface area contributed by atoms with Gasteiger partial charge in [-0.15, -0.1) is 0 Å². The first-order valence-electron chi connectivity index (χ1n) is 10.7. The molecule has 0 N–H and O–H groups in total. The third-order valence-electron chi connectivity index (χ3n) is 5.43. The molecule has 8 heteroatoms. The Kier molecular flexibility index (Phi) is 5.68. The molecule has 1 aliphatic rings. The molecule has 1 unspecified atom stereocenters. The third-order valence-corrected chi connectivity index (χ3v) is 6.53. The zero-order valence-corrected chi connectivity index (χ0v) is 19.1. The second kappa shape index (κ2) is 8.78. The SMILES string of the molecule is CCCN1C(=O)SC(c2cc3ccc(OCc4nc(-c5ccccc5)oc4C)cc3o2)C1=O. The minimum atomic E-state index is -0.644. The zero-order valence-electron chi connectivity index (χ0n) is 18.2. The van der Waals surface area contributed by atoms with Gasteiger partial charge in [0.05, 0.1) is 0 Å². The van der Waals surface area contributed by atoms with Crippen molar-refractivity contribution in [2.75, 3.05) is 6.54 Å². The third kappa shape index (κ3) is 4.14. The number of carbonyl (C=O) groups is 2. The van der Waals surface area contributed by atoms with Gasteiger partial charge < -0.3 is 13.6 Å². The largest absolute Gasteiger partial charge is 0.487 e. The number of ether oxygens (including phenoxy) is 1. The predicted molar refractivity (Wildman–Crippen MR) is 125 cm³/mol. The van der Waals surface area contributed by atoms with Crippen molar-refractivity contribution in [3.8, 4) is 17.2 Å². The normalized spacial score (nSPS) is 16.2. The van der Waals surface area contributed by atoms with Crippen molar-refractivity contribution in [2.24, 2.45) is 0 Å². The Bertz CT molecular complexity index is 1330. The van der Waals surface area contributed by atoms with E-state index in [1.807, 2.05) is 62.4 Å². The molecule has 7 nitrogen and oxygen atoms in total. The number of hydrogen-bond donors (Lipinski definition) is 0. The second-order valence-electron chi connectivity index (χ2n) is 7.78. The van der Waals surface area contributed by atoms with E-state index in [1.165, 1.54) is 4.90 Å². The van der Waals surface area contributed by atoms with E-state index in [0.717, 1.165) is 34.8 Å². The summed E-state index contributed by atoms with van der Waals surface area (Å²) in [5.74, 6) is 2.12. The maximum atomic E-state index is 12.6. The van der Waals surface area contributed by atoms with Crippen molar-refractivity contribution in [3.63, 3.8) is 0 Å². The van der Waals surface area contributed by atoms with E-state index in [9.17, 15) is 9.59 Å². The topological polar surface area (TPSA) is 85.8 Å². The first-order chi connectivity index (χ1) is 16.0. The fraction of sp³-hybridized carbons (Fsp3) is 0.240. The number of oxazole rings is 1. The average molecular weight is 463 g/mol. The lowest BCUT2D eigenvalue weighted by Gasteiger charge is -2.11. The Balaban J connectivity index is 1.31. The summed E-state index contributed by atoms with van der Waals surface area (Å²) in [4.78, 5) is 30.6. The van der Waals surface area contributed by atoms with Crippen LogP contribution in [0.1, 0.15) is 35.8 Å². The fourth-order valence-corrected chi connectivity index (χ4v) is 4.69. The molecule has 2 aromatic carbocycles. The van der Waals surface area contributed by atoms with Gasteiger partial charge in [-0.2, -0.15) is 0 Å². The highest BCUT2D eigenvalue weighted by molar-refractivity contribution is 8.14. The molecule has 5 rings (SSSR count). The van der Waals surface area contributed by atoms with Crippen molar-refractivity contribution < 1.29 is 23.2 Å². The molecule has 0 radical (unpaired) electrons. The van der Waals surface area contributed by atoms with Gasteiger partial charge in [-0.1, -0.05) is 25.1 Å². The van der Waals surface area contributed by atoms with Crippen LogP contribution in [0.4, 0.5) is 4.79 Å². The van der Waals surface area contributed by atoms with E-state index in [2.05, 4.69) is 4.98 Å². The van der Waals surface area contributed by atoms with Gasteiger partial charge in [0.2, 0.25) is 5.89 Å². The fourth-order valence-electron chi connectivity index (χ4n) is 3.72. The molecule has 1 aliphatic heterocycles. The van der Waals surface area contributed by atoms with E-state index in [1.54, 1.807) is 6.07 Å². The molecule has 1 atom stereocenters. The van der Waals surface area contributed by atoms with Gasteiger partial charge in [0.25, 0.3) is 11.1 Å². The molecule has 3 heterocycles. The van der Waals surface area contributed by atoms with Crippen LogP contribution in [-0.2, 0) is 11.4 Å². The first kappa shape index (κ1) is 21.3. The van der Waals surface area contributed by atoms with Crippen LogP contribution in [0.5, 0.6) is 5.75 Å². The van der Waals surface area contributed by atoms with E-state index >= 15 is 0 Å². The molecule has 1 fully saturated rings. The summed E-state index contributed by atoms with van der Waals surface area (Å²) in [6, 6.07) is 17.0. The number of amides is 2. The van der Waals surface area contributed by atoms with Gasteiger partial charge in [0.15, 0.2) is 5.25 Å². The van der Waals surface area contributed by atoms with Crippen LogP contribution >= 0.6 is 11.8 Å². The highest BCUT2D eigenvalue weighted by Gasteiger charge is 2.41. The number of hydrogen-bond acceptors (Lipinski definition) is 7. The second-order valence-corrected chi connectivity index (χ2v) is 8.84. The summed E-state index contributed by atoms with van der Waals surface area (Å²) >= 11 is 0.998. The molecule has 0 saturated carbocycles. The van der Waals surface area contributed by atoms with Gasteiger partial charge in [0, 0.05) is 23.6 Å². The lowest BCUT2D eigenvalue weighted by molar-refractivity contribution is -0.127. The van der Waals surface area contributed by atoms with Crippen molar-refractivity contribution in [3.05, 3.63) is 71.8 Å². The van der Waals surface area contributed by atoms with Gasteiger partial charge in [-0.3, -0.25) is 14.5 Å². The number of nitrogens with zero attached hydrogens (tertiary/aromatic N) is 2. The minimum Gasteiger partial charge on any atom is -0.487 e. The number of benzene rings is 2. The summed E-state index contributed by atoms with van der Waals surface area (Å²) in [6.07, 6.45) is 0.726. The smallest absolute Gasteiger partial charge is 0.289 e. The van der Waals surface area contributed by atoms with Gasteiger partial charge in [-0.25, -0.2) is 4.98 Å². The lowest BCUT2D eigenvalue weighted by atomic mass is 10.2. The van der Waals surface area contributed by atoms with Crippen LogP contribution in [0.15, 0.2) is 63.4 Å². The number of aryl methyl sites for hydroxylation is 1. The maximum Gasteiger partial charge on any atom is 0.289 e. The van der Waals surface area contributed by atoms with Crippen molar-refractivity contribution >= 4 is 33.9 Å². The number of carbonyl (C=O) groups excluding carboxylic acids is 2. The molecule has 4 aromatic rings. The highest BCUT2D eigenvalue weighted by Crippen LogP contribution is 2.41. The zero-order chi connectivity index (χ0) is 22.9. The Hall–Kier alpha value is -3.52. The summed E-state index contributed by atoms with van der Waals surface area (Å²) in [6.45, 7) is 4.47. The Morgan fingerprint density at radius 2 is 1.91 bits per heavy atom. The number of aromatic nitrogens is 1. The summed E-state index contributed by atoms with van der Waals surface area (Å²) < 4.78 is 17.7. The molecule has 2 amide bonds. The maximum absolute atomic E-state index is 12.6. The van der Waals surface area contributed by atoms with Gasteiger partial charge in [0.1, 0.15) is 35.2 Å². The van der Waals surface area contributed by atoms with Crippen LogP contribution < -0.4 is 4.74 Å². The minimum absolute atomic E-state index is 0.224. The molecule has 33 heavy (non-hydrogen) atoms. The summed E-state index contributed by atoms with van der Waals surface area (Å²) in [7, 11) is 0. The van der Waals surface area contributed by atoms with E-state index in [0.29, 0.717) is 35.3 Å². The van der Waals surface area contributed by atoms with Gasteiger partial charge in [-0.05, 0) is 55.4 Å². The summed E-state index contributed by atoms with van der Waals surface area (Å²) in [5, 5.41) is -0.0275. The van der Waals surface area contributed by atoms with Crippen molar-refractivity contribution in [1.29, 1.82) is 0 Å². The predicted octanol–water partition coefficient (Wildman–Crippen LogP) is 6.12. The van der Waals surface area contributed by atoms with Crippen molar-refractivity contribution in [2.45, 2.75) is 32.1 Å².